The van der Waals surface area contributed by atoms with Crippen molar-refractivity contribution in [1.82, 2.24) is 0 Å². The minimum Gasteiger partial charge on any atom is -0.455 e. The van der Waals surface area contributed by atoms with Crippen molar-refractivity contribution in [2.75, 3.05) is 6.61 Å². The first-order valence-electron chi connectivity index (χ1n) is 8.05. The number of ether oxygens (including phenoxy) is 2. The van der Waals surface area contributed by atoms with Crippen LogP contribution in [0, 0.1) is 0 Å². The number of hydrogen-bond donors (Lipinski definition) is 1. The molecule has 1 N–H and O–H groups in total. The highest BCUT2D eigenvalue weighted by molar-refractivity contribution is 5.29. The Kier molecular flexibility index (Phi) is 6.61. The molecule has 1 aliphatic rings. The molecule has 1 unspecified atom stereocenters. The first-order valence-corrected chi connectivity index (χ1v) is 8.05. The first kappa shape index (κ1) is 15.9. The summed E-state index contributed by atoms with van der Waals surface area (Å²) >= 11 is 0. The molecule has 21 heavy (non-hydrogen) atoms. The normalized spacial score (nSPS) is 17.2. The first-order chi connectivity index (χ1) is 10.3. The lowest BCUT2D eigenvalue weighted by Crippen LogP contribution is -2.04. The molecule has 0 aromatic heterocycles. The van der Waals surface area contributed by atoms with Gasteiger partial charge in [-0.2, -0.15) is 0 Å². The van der Waals surface area contributed by atoms with Gasteiger partial charge in [0.2, 0.25) is 0 Å². The Balaban J connectivity index is 1.83. The van der Waals surface area contributed by atoms with Gasteiger partial charge in [-0.25, -0.2) is 0 Å². The summed E-state index contributed by atoms with van der Waals surface area (Å²) in [6.07, 6.45) is 9.94. The van der Waals surface area contributed by atoms with E-state index >= 15 is 0 Å². The predicted octanol–water partition coefficient (Wildman–Crippen LogP) is 4.47. The van der Waals surface area contributed by atoms with Crippen LogP contribution in [-0.4, -0.2) is 11.7 Å². The van der Waals surface area contributed by atoms with E-state index in [1.807, 2.05) is 12.1 Å². The second-order valence-electron chi connectivity index (χ2n) is 5.54. The Morgan fingerprint density at radius 2 is 1.81 bits per heavy atom. The van der Waals surface area contributed by atoms with Crippen LogP contribution in [0.2, 0.25) is 0 Å². The van der Waals surface area contributed by atoms with Crippen LogP contribution in [0.3, 0.4) is 0 Å². The van der Waals surface area contributed by atoms with Gasteiger partial charge in [0.15, 0.2) is 5.76 Å². The largest absolute Gasteiger partial charge is 0.455 e. The van der Waals surface area contributed by atoms with E-state index in [9.17, 15) is 0 Å². The maximum atomic E-state index is 9.07. The lowest BCUT2D eigenvalue weighted by atomic mass is 10.00. The van der Waals surface area contributed by atoms with Crippen molar-refractivity contribution in [1.29, 1.82) is 0 Å². The number of unbranched alkanes of at least 4 members (excludes halogenated alkanes) is 5. The number of hydrogen-bond acceptors (Lipinski definition) is 3. The summed E-state index contributed by atoms with van der Waals surface area (Å²) in [5, 5.41) is 9.07. The summed E-state index contributed by atoms with van der Waals surface area (Å²) < 4.78 is 11.1. The molecule has 0 bridgehead atoms. The van der Waals surface area contributed by atoms with E-state index in [2.05, 4.69) is 19.1 Å². The van der Waals surface area contributed by atoms with Crippen LogP contribution < -0.4 is 0 Å². The SMILES string of the molecule is CCCCCCCCc1ccccc1C1OC=C(CO)O1. The van der Waals surface area contributed by atoms with Gasteiger partial charge in [-0.15, -0.1) is 0 Å². The smallest absolute Gasteiger partial charge is 0.267 e. The lowest BCUT2D eigenvalue weighted by molar-refractivity contribution is -0.0399. The predicted molar refractivity (Wildman–Crippen MR) is 83.6 cm³/mol. The van der Waals surface area contributed by atoms with Crippen LogP contribution in [-0.2, 0) is 15.9 Å². The van der Waals surface area contributed by atoms with Gasteiger partial charge in [-0.3, -0.25) is 0 Å². The number of rotatable bonds is 9. The van der Waals surface area contributed by atoms with Crippen LogP contribution in [0.25, 0.3) is 0 Å². The zero-order valence-electron chi connectivity index (χ0n) is 12.9. The third-order valence-electron chi connectivity index (χ3n) is 3.85. The Morgan fingerprint density at radius 1 is 1.05 bits per heavy atom. The Morgan fingerprint density at radius 3 is 2.57 bits per heavy atom. The summed E-state index contributed by atoms with van der Waals surface area (Å²) in [5.41, 5.74) is 2.36. The maximum Gasteiger partial charge on any atom is 0.267 e. The Labute approximate surface area is 127 Å². The van der Waals surface area contributed by atoms with Crippen LogP contribution >= 0.6 is 0 Å². The van der Waals surface area contributed by atoms with E-state index < -0.39 is 6.29 Å². The standard InChI is InChI=1S/C18H26O3/c1-2-3-4-5-6-7-10-15-11-8-9-12-17(15)18-20-14-16(13-19)21-18/h8-9,11-12,14,18-19H,2-7,10,13H2,1H3. The molecule has 2 rings (SSSR count). The van der Waals surface area contributed by atoms with Gasteiger partial charge in [0.1, 0.15) is 12.9 Å². The third-order valence-corrected chi connectivity index (χ3v) is 3.85. The number of aliphatic hydroxyl groups is 1. The van der Waals surface area contributed by atoms with Gasteiger partial charge in [0.25, 0.3) is 6.29 Å². The van der Waals surface area contributed by atoms with Crippen LogP contribution in [0.4, 0.5) is 0 Å². The highest BCUT2D eigenvalue weighted by atomic mass is 16.7. The van der Waals surface area contributed by atoms with E-state index in [0.29, 0.717) is 5.76 Å². The molecule has 3 heteroatoms. The van der Waals surface area contributed by atoms with Crippen LogP contribution in [0.1, 0.15) is 62.9 Å². The fourth-order valence-corrected chi connectivity index (χ4v) is 2.63. The monoisotopic (exact) mass is 290 g/mol. The van der Waals surface area contributed by atoms with Crippen molar-refractivity contribution >= 4 is 0 Å². The molecule has 1 heterocycles. The Hall–Kier alpha value is -1.48. The molecule has 0 aliphatic carbocycles. The summed E-state index contributed by atoms with van der Waals surface area (Å²) in [5.74, 6) is 0.495. The molecule has 1 aliphatic heterocycles. The second kappa shape index (κ2) is 8.73. The molecule has 0 saturated carbocycles. The molecular weight excluding hydrogens is 264 g/mol. The van der Waals surface area contributed by atoms with E-state index in [0.717, 1.165) is 12.0 Å². The molecule has 0 amide bonds. The Bertz CT molecular complexity index is 454. The zero-order chi connectivity index (χ0) is 14.9. The average Bonchev–Trinajstić information content (AvgIpc) is 3.00. The zero-order valence-corrected chi connectivity index (χ0v) is 12.9. The van der Waals surface area contributed by atoms with Gasteiger partial charge in [-0.1, -0.05) is 63.3 Å². The highest BCUT2D eigenvalue weighted by Crippen LogP contribution is 2.31. The van der Waals surface area contributed by atoms with Gasteiger partial charge in [0, 0.05) is 5.56 Å². The highest BCUT2D eigenvalue weighted by Gasteiger charge is 2.23. The fourth-order valence-electron chi connectivity index (χ4n) is 2.63. The van der Waals surface area contributed by atoms with E-state index in [1.165, 1.54) is 50.4 Å². The van der Waals surface area contributed by atoms with E-state index in [1.54, 1.807) is 0 Å². The van der Waals surface area contributed by atoms with Crippen LogP contribution in [0.5, 0.6) is 0 Å². The maximum absolute atomic E-state index is 9.07. The van der Waals surface area contributed by atoms with Crippen molar-refractivity contribution in [2.24, 2.45) is 0 Å². The summed E-state index contributed by atoms with van der Waals surface area (Å²) in [6.45, 7) is 2.13. The minimum atomic E-state index is -0.400. The van der Waals surface area contributed by atoms with E-state index in [-0.39, 0.29) is 6.61 Å². The van der Waals surface area contributed by atoms with Gasteiger partial charge in [-0.05, 0) is 18.4 Å². The summed E-state index contributed by atoms with van der Waals surface area (Å²) in [4.78, 5) is 0. The van der Waals surface area contributed by atoms with Crippen molar-refractivity contribution < 1.29 is 14.6 Å². The molecular formula is C18H26O3. The number of aryl methyl sites for hydroxylation is 1. The number of aliphatic hydroxyl groups excluding tert-OH is 1. The molecule has 1 aromatic rings. The minimum absolute atomic E-state index is 0.115. The van der Waals surface area contributed by atoms with Crippen molar-refractivity contribution in [3.63, 3.8) is 0 Å². The van der Waals surface area contributed by atoms with Crippen molar-refractivity contribution in [3.05, 3.63) is 47.4 Å². The summed E-state index contributed by atoms with van der Waals surface area (Å²) in [7, 11) is 0. The molecule has 1 aromatic carbocycles. The molecule has 0 saturated heterocycles. The molecule has 3 nitrogen and oxygen atoms in total. The molecule has 0 radical (unpaired) electrons. The fraction of sp³-hybridized carbons (Fsp3) is 0.556. The quantitative estimate of drug-likeness (QED) is 0.682. The van der Waals surface area contributed by atoms with E-state index in [4.69, 9.17) is 14.6 Å². The topological polar surface area (TPSA) is 38.7 Å². The molecule has 0 spiro atoms. The van der Waals surface area contributed by atoms with Crippen molar-refractivity contribution in [2.45, 2.75) is 58.2 Å². The van der Waals surface area contributed by atoms with Crippen molar-refractivity contribution in [3.8, 4) is 0 Å². The van der Waals surface area contributed by atoms with Gasteiger partial charge < -0.3 is 14.6 Å². The lowest BCUT2D eigenvalue weighted by Gasteiger charge is -2.16. The molecule has 1 atom stereocenters. The van der Waals surface area contributed by atoms with Gasteiger partial charge in [0.05, 0.1) is 0 Å². The molecule has 0 fully saturated rings. The summed E-state index contributed by atoms with van der Waals surface area (Å²) in [6, 6.07) is 8.26. The third kappa shape index (κ3) is 4.78. The molecule has 116 valence electrons. The second-order valence-corrected chi connectivity index (χ2v) is 5.54. The van der Waals surface area contributed by atoms with Crippen LogP contribution in [0.15, 0.2) is 36.3 Å². The number of benzene rings is 1. The average molecular weight is 290 g/mol. The van der Waals surface area contributed by atoms with Gasteiger partial charge >= 0.3 is 0 Å².